The van der Waals surface area contributed by atoms with Gasteiger partial charge in [-0.3, -0.25) is 4.98 Å². The summed E-state index contributed by atoms with van der Waals surface area (Å²) in [6.45, 7) is 2.53. The molecule has 2 aromatic rings. The minimum absolute atomic E-state index is 0.146. The van der Waals surface area contributed by atoms with Crippen molar-refractivity contribution in [1.29, 1.82) is 0 Å². The smallest absolute Gasteiger partial charge is 0.228 e. The first kappa shape index (κ1) is 13.6. The summed E-state index contributed by atoms with van der Waals surface area (Å²) in [5.74, 6) is 1.02. The van der Waals surface area contributed by atoms with E-state index in [1.165, 1.54) is 0 Å². The summed E-state index contributed by atoms with van der Waals surface area (Å²) in [6, 6.07) is 3.76. The summed E-state index contributed by atoms with van der Waals surface area (Å²) in [6.07, 6.45) is 3.09. The Morgan fingerprint density at radius 1 is 1.47 bits per heavy atom. The predicted molar refractivity (Wildman–Crippen MR) is 70.5 cm³/mol. The molecule has 19 heavy (non-hydrogen) atoms. The molecule has 0 bridgehead atoms. The van der Waals surface area contributed by atoms with Crippen LogP contribution in [0.4, 0.5) is 0 Å². The number of aromatic nitrogens is 3. The van der Waals surface area contributed by atoms with Gasteiger partial charge in [-0.15, -0.1) is 0 Å². The van der Waals surface area contributed by atoms with Crippen molar-refractivity contribution in [3.05, 3.63) is 29.8 Å². The van der Waals surface area contributed by atoms with Gasteiger partial charge in [-0.2, -0.15) is 4.98 Å². The number of nitrogens with zero attached hydrogens (tertiary/aromatic N) is 3. The zero-order valence-corrected chi connectivity index (χ0v) is 11.2. The lowest BCUT2D eigenvalue weighted by atomic mass is 10.1. The SMILES string of the molecule is CCc1cccnc1-c1noc(CC(N)COC)n1. The van der Waals surface area contributed by atoms with Crippen LogP contribution in [-0.4, -0.2) is 34.9 Å². The number of methoxy groups -OCH3 is 1. The molecule has 2 heterocycles. The van der Waals surface area contributed by atoms with Gasteiger partial charge in [0.05, 0.1) is 6.61 Å². The molecular weight excluding hydrogens is 244 g/mol. The first-order valence-corrected chi connectivity index (χ1v) is 6.26. The second-order valence-electron chi connectivity index (χ2n) is 4.30. The topological polar surface area (TPSA) is 87.1 Å². The third-order valence-electron chi connectivity index (χ3n) is 2.77. The summed E-state index contributed by atoms with van der Waals surface area (Å²) in [5, 5.41) is 3.96. The third-order valence-corrected chi connectivity index (χ3v) is 2.77. The fraction of sp³-hybridized carbons (Fsp3) is 0.462. The van der Waals surface area contributed by atoms with E-state index in [1.54, 1.807) is 13.3 Å². The molecule has 0 aliphatic rings. The number of hydrogen-bond acceptors (Lipinski definition) is 6. The summed E-state index contributed by atoms with van der Waals surface area (Å²) in [5.41, 5.74) is 7.71. The molecule has 6 heteroatoms. The van der Waals surface area contributed by atoms with Crippen molar-refractivity contribution < 1.29 is 9.26 Å². The molecule has 0 aliphatic heterocycles. The van der Waals surface area contributed by atoms with Gasteiger partial charge in [0, 0.05) is 25.8 Å². The van der Waals surface area contributed by atoms with Crippen LogP contribution in [0.5, 0.6) is 0 Å². The Labute approximate surface area is 112 Å². The Morgan fingerprint density at radius 3 is 3.05 bits per heavy atom. The molecule has 102 valence electrons. The van der Waals surface area contributed by atoms with Gasteiger partial charge in [-0.05, 0) is 18.1 Å². The first-order chi connectivity index (χ1) is 9.24. The lowest BCUT2D eigenvalue weighted by molar-refractivity contribution is 0.176. The average Bonchev–Trinajstić information content (AvgIpc) is 2.87. The maximum Gasteiger partial charge on any atom is 0.228 e. The Bertz CT molecular complexity index is 527. The van der Waals surface area contributed by atoms with Gasteiger partial charge in [0.15, 0.2) is 0 Å². The maximum atomic E-state index is 5.85. The van der Waals surface area contributed by atoms with Gasteiger partial charge in [0.2, 0.25) is 11.7 Å². The van der Waals surface area contributed by atoms with E-state index in [-0.39, 0.29) is 6.04 Å². The molecule has 0 saturated heterocycles. The molecule has 0 aromatic carbocycles. The number of aryl methyl sites for hydroxylation is 1. The summed E-state index contributed by atoms with van der Waals surface area (Å²) >= 11 is 0. The quantitative estimate of drug-likeness (QED) is 0.842. The zero-order valence-electron chi connectivity index (χ0n) is 11.2. The molecule has 0 amide bonds. The van der Waals surface area contributed by atoms with E-state index in [1.807, 2.05) is 12.1 Å². The van der Waals surface area contributed by atoms with Crippen LogP contribution in [0.2, 0.25) is 0 Å². The molecular formula is C13H18N4O2. The van der Waals surface area contributed by atoms with Crippen LogP contribution >= 0.6 is 0 Å². The van der Waals surface area contributed by atoms with Crippen molar-refractivity contribution >= 4 is 0 Å². The summed E-state index contributed by atoms with van der Waals surface area (Å²) in [4.78, 5) is 8.64. The van der Waals surface area contributed by atoms with Gasteiger partial charge >= 0.3 is 0 Å². The van der Waals surface area contributed by atoms with E-state index in [0.717, 1.165) is 17.7 Å². The molecule has 0 radical (unpaired) electrons. The molecule has 6 nitrogen and oxygen atoms in total. The lowest BCUT2D eigenvalue weighted by Crippen LogP contribution is -2.28. The van der Waals surface area contributed by atoms with E-state index in [9.17, 15) is 0 Å². The normalized spacial score (nSPS) is 12.6. The molecule has 0 spiro atoms. The zero-order chi connectivity index (χ0) is 13.7. The summed E-state index contributed by atoms with van der Waals surface area (Å²) in [7, 11) is 1.61. The molecule has 0 fully saturated rings. The number of ether oxygens (including phenoxy) is 1. The Hall–Kier alpha value is -1.79. The average molecular weight is 262 g/mol. The number of rotatable bonds is 6. The number of hydrogen-bond donors (Lipinski definition) is 1. The molecule has 1 atom stereocenters. The van der Waals surface area contributed by atoms with E-state index in [4.69, 9.17) is 15.0 Å². The van der Waals surface area contributed by atoms with Gasteiger partial charge in [0.1, 0.15) is 5.69 Å². The maximum absolute atomic E-state index is 5.85. The van der Waals surface area contributed by atoms with Crippen molar-refractivity contribution in [1.82, 2.24) is 15.1 Å². The fourth-order valence-electron chi connectivity index (χ4n) is 1.86. The monoisotopic (exact) mass is 262 g/mol. The van der Waals surface area contributed by atoms with Crippen LogP contribution in [0.3, 0.4) is 0 Å². The minimum atomic E-state index is -0.146. The predicted octanol–water partition coefficient (Wildman–Crippen LogP) is 1.21. The Morgan fingerprint density at radius 2 is 2.32 bits per heavy atom. The van der Waals surface area contributed by atoms with Crippen LogP contribution < -0.4 is 5.73 Å². The highest BCUT2D eigenvalue weighted by atomic mass is 16.5. The highest BCUT2D eigenvalue weighted by Crippen LogP contribution is 2.18. The molecule has 0 saturated carbocycles. The molecule has 2 aromatic heterocycles. The fourth-order valence-corrected chi connectivity index (χ4v) is 1.86. The molecule has 2 N–H and O–H groups in total. The second kappa shape index (κ2) is 6.40. The van der Waals surface area contributed by atoms with E-state index in [0.29, 0.717) is 24.7 Å². The van der Waals surface area contributed by atoms with E-state index in [2.05, 4.69) is 22.0 Å². The van der Waals surface area contributed by atoms with Crippen molar-refractivity contribution in [2.24, 2.45) is 5.73 Å². The van der Waals surface area contributed by atoms with E-state index >= 15 is 0 Å². The van der Waals surface area contributed by atoms with Gasteiger partial charge in [0.25, 0.3) is 0 Å². The van der Waals surface area contributed by atoms with Crippen LogP contribution in [-0.2, 0) is 17.6 Å². The third kappa shape index (κ3) is 3.36. The Kier molecular flexibility index (Phi) is 4.59. The van der Waals surface area contributed by atoms with Crippen LogP contribution in [0.1, 0.15) is 18.4 Å². The van der Waals surface area contributed by atoms with Crippen LogP contribution in [0.25, 0.3) is 11.5 Å². The van der Waals surface area contributed by atoms with Gasteiger partial charge in [-0.25, -0.2) is 0 Å². The number of pyridine rings is 1. The Balaban J connectivity index is 2.16. The standard InChI is InChI=1S/C13H18N4O2/c1-3-9-5-4-6-15-12(9)13-16-11(19-17-13)7-10(14)8-18-2/h4-6,10H,3,7-8,14H2,1-2H3. The van der Waals surface area contributed by atoms with Crippen LogP contribution in [0, 0.1) is 0 Å². The number of nitrogens with two attached hydrogens (primary N) is 1. The van der Waals surface area contributed by atoms with Gasteiger partial charge < -0.3 is 15.0 Å². The van der Waals surface area contributed by atoms with Crippen molar-refractivity contribution in [2.45, 2.75) is 25.8 Å². The highest BCUT2D eigenvalue weighted by molar-refractivity contribution is 5.53. The largest absolute Gasteiger partial charge is 0.383 e. The first-order valence-electron chi connectivity index (χ1n) is 6.26. The molecule has 0 aliphatic carbocycles. The lowest BCUT2D eigenvalue weighted by Gasteiger charge is -2.05. The summed E-state index contributed by atoms with van der Waals surface area (Å²) < 4.78 is 10.2. The van der Waals surface area contributed by atoms with Crippen molar-refractivity contribution in [3.8, 4) is 11.5 Å². The highest BCUT2D eigenvalue weighted by Gasteiger charge is 2.15. The molecule has 2 rings (SSSR count). The van der Waals surface area contributed by atoms with Crippen molar-refractivity contribution in [2.75, 3.05) is 13.7 Å². The molecule has 1 unspecified atom stereocenters. The van der Waals surface area contributed by atoms with E-state index < -0.39 is 0 Å². The van der Waals surface area contributed by atoms with Gasteiger partial charge in [-0.1, -0.05) is 18.1 Å². The van der Waals surface area contributed by atoms with Crippen LogP contribution in [0.15, 0.2) is 22.9 Å². The van der Waals surface area contributed by atoms with Crippen molar-refractivity contribution in [3.63, 3.8) is 0 Å². The second-order valence-corrected chi connectivity index (χ2v) is 4.30. The minimum Gasteiger partial charge on any atom is -0.383 e.